The standard InChI is InChI=1S/C24H23NO3/c1-17-12-18(2)14-19(13-17)15-20-16-28-24(10-8-22(26)9-11-24)25(23(20)27)21-6-4-3-5-7-21/h3-14,20H,15-16H2,1-2H3. The number of benzene rings is 2. The summed E-state index contributed by atoms with van der Waals surface area (Å²) in [5.74, 6) is -0.390. The molecule has 4 heteroatoms. The molecular weight excluding hydrogens is 350 g/mol. The molecule has 0 radical (unpaired) electrons. The lowest BCUT2D eigenvalue weighted by atomic mass is 9.91. The average molecular weight is 373 g/mol. The Morgan fingerprint density at radius 2 is 1.64 bits per heavy atom. The molecular formula is C24H23NO3. The predicted molar refractivity (Wildman–Crippen MR) is 109 cm³/mol. The second-order valence-electron chi connectivity index (χ2n) is 7.54. The molecule has 1 heterocycles. The molecule has 1 saturated heterocycles. The number of ether oxygens (including phenoxy) is 1. The maximum Gasteiger partial charge on any atom is 0.235 e. The normalized spacial score (nSPS) is 20.8. The van der Waals surface area contributed by atoms with E-state index in [4.69, 9.17) is 4.74 Å². The maximum atomic E-state index is 13.5. The van der Waals surface area contributed by atoms with Crippen molar-refractivity contribution in [1.82, 2.24) is 0 Å². The summed E-state index contributed by atoms with van der Waals surface area (Å²) >= 11 is 0. The van der Waals surface area contributed by atoms with Gasteiger partial charge in [-0.3, -0.25) is 14.5 Å². The van der Waals surface area contributed by atoms with E-state index in [1.54, 1.807) is 17.1 Å². The van der Waals surface area contributed by atoms with Gasteiger partial charge in [-0.25, -0.2) is 0 Å². The van der Waals surface area contributed by atoms with Crippen molar-refractivity contribution < 1.29 is 14.3 Å². The monoisotopic (exact) mass is 373 g/mol. The third-order valence-electron chi connectivity index (χ3n) is 5.19. The van der Waals surface area contributed by atoms with E-state index in [1.165, 1.54) is 23.3 Å². The van der Waals surface area contributed by atoms with Crippen molar-refractivity contribution in [2.75, 3.05) is 11.5 Å². The van der Waals surface area contributed by atoms with E-state index >= 15 is 0 Å². The highest BCUT2D eigenvalue weighted by molar-refractivity contribution is 6.03. The van der Waals surface area contributed by atoms with Crippen LogP contribution in [0.15, 0.2) is 72.8 Å². The first-order valence-electron chi connectivity index (χ1n) is 9.49. The van der Waals surface area contributed by atoms with Crippen molar-refractivity contribution in [2.45, 2.75) is 26.0 Å². The fraction of sp³-hybridized carbons (Fsp3) is 0.250. The molecule has 1 aliphatic heterocycles. The quantitative estimate of drug-likeness (QED) is 0.819. The number of nitrogens with zero attached hydrogens (tertiary/aromatic N) is 1. The Bertz CT molecular complexity index is 938. The number of amides is 1. The van der Waals surface area contributed by atoms with E-state index < -0.39 is 5.72 Å². The molecule has 0 aromatic heterocycles. The van der Waals surface area contributed by atoms with Gasteiger partial charge in [0.15, 0.2) is 11.5 Å². The number of aryl methyl sites for hydroxylation is 2. The lowest BCUT2D eigenvalue weighted by Crippen LogP contribution is -2.60. The second kappa shape index (κ2) is 7.21. The van der Waals surface area contributed by atoms with Gasteiger partial charge in [-0.05, 0) is 62.3 Å². The molecule has 4 rings (SSSR count). The van der Waals surface area contributed by atoms with Crippen LogP contribution in [0.25, 0.3) is 0 Å². The van der Waals surface area contributed by atoms with Crippen molar-refractivity contribution in [3.8, 4) is 0 Å². The van der Waals surface area contributed by atoms with Crippen LogP contribution in [0.1, 0.15) is 16.7 Å². The predicted octanol–water partition coefficient (Wildman–Crippen LogP) is 3.92. The first kappa shape index (κ1) is 18.4. The molecule has 28 heavy (non-hydrogen) atoms. The summed E-state index contributed by atoms with van der Waals surface area (Å²) in [6, 6.07) is 15.8. The lowest BCUT2D eigenvalue weighted by molar-refractivity contribution is -0.138. The SMILES string of the molecule is Cc1cc(C)cc(CC2COC3(C=CC(=O)C=C3)N(c3ccccc3)C2=O)c1. The van der Waals surface area contributed by atoms with Crippen LogP contribution in [0.4, 0.5) is 5.69 Å². The summed E-state index contributed by atoms with van der Waals surface area (Å²) in [6.07, 6.45) is 6.90. The van der Waals surface area contributed by atoms with Crippen LogP contribution in [0.5, 0.6) is 0 Å². The van der Waals surface area contributed by atoms with Gasteiger partial charge in [-0.15, -0.1) is 0 Å². The number of carbonyl (C=O) groups is 2. The summed E-state index contributed by atoms with van der Waals surface area (Å²) in [7, 11) is 0. The Labute approximate surface area is 165 Å². The lowest BCUT2D eigenvalue weighted by Gasteiger charge is -2.46. The van der Waals surface area contributed by atoms with Gasteiger partial charge in [0.25, 0.3) is 0 Å². The van der Waals surface area contributed by atoms with Gasteiger partial charge < -0.3 is 4.74 Å². The minimum atomic E-state index is -1.05. The Morgan fingerprint density at radius 1 is 1.00 bits per heavy atom. The zero-order valence-electron chi connectivity index (χ0n) is 16.1. The molecule has 1 amide bonds. The van der Waals surface area contributed by atoms with E-state index in [2.05, 4.69) is 32.0 Å². The zero-order valence-corrected chi connectivity index (χ0v) is 16.1. The second-order valence-corrected chi connectivity index (χ2v) is 7.54. The Balaban J connectivity index is 1.69. The van der Waals surface area contributed by atoms with E-state index in [0.29, 0.717) is 13.0 Å². The largest absolute Gasteiger partial charge is 0.347 e. The average Bonchev–Trinajstić information content (AvgIpc) is 2.67. The molecule has 1 aliphatic carbocycles. The van der Waals surface area contributed by atoms with Gasteiger partial charge in [0, 0.05) is 5.69 Å². The van der Waals surface area contributed by atoms with Gasteiger partial charge in [-0.1, -0.05) is 47.5 Å². The molecule has 4 nitrogen and oxygen atoms in total. The Kier molecular flexibility index (Phi) is 4.73. The molecule has 2 aliphatic rings. The van der Waals surface area contributed by atoms with E-state index in [1.807, 2.05) is 30.3 Å². The van der Waals surface area contributed by atoms with Gasteiger partial charge in [0.05, 0.1) is 12.5 Å². The maximum absolute atomic E-state index is 13.5. The summed E-state index contributed by atoms with van der Waals surface area (Å²) in [4.78, 5) is 26.9. The van der Waals surface area contributed by atoms with Crippen molar-refractivity contribution in [1.29, 1.82) is 0 Å². The highest BCUT2D eigenvalue weighted by atomic mass is 16.5. The first-order chi connectivity index (χ1) is 13.5. The third-order valence-corrected chi connectivity index (χ3v) is 5.19. The van der Waals surface area contributed by atoms with Gasteiger partial charge in [-0.2, -0.15) is 0 Å². The van der Waals surface area contributed by atoms with Crippen molar-refractivity contribution >= 4 is 17.4 Å². The fourth-order valence-electron chi connectivity index (χ4n) is 4.01. The summed E-state index contributed by atoms with van der Waals surface area (Å²) in [5.41, 5.74) is 3.21. The highest BCUT2D eigenvalue weighted by Gasteiger charge is 2.46. The van der Waals surface area contributed by atoms with Gasteiger partial charge >= 0.3 is 0 Å². The molecule has 2 aromatic rings. The molecule has 1 spiro atoms. The first-order valence-corrected chi connectivity index (χ1v) is 9.49. The van der Waals surface area contributed by atoms with Gasteiger partial charge in [0.1, 0.15) is 0 Å². The van der Waals surface area contributed by atoms with Gasteiger partial charge in [0.2, 0.25) is 5.91 Å². The molecule has 0 bridgehead atoms. The number of carbonyl (C=O) groups excluding carboxylic acids is 2. The minimum Gasteiger partial charge on any atom is -0.347 e. The smallest absolute Gasteiger partial charge is 0.235 e. The van der Waals surface area contributed by atoms with Crippen LogP contribution in [0.3, 0.4) is 0 Å². The van der Waals surface area contributed by atoms with E-state index in [9.17, 15) is 9.59 Å². The Morgan fingerprint density at radius 3 is 2.29 bits per heavy atom. The van der Waals surface area contributed by atoms with Crippen LogP contribution in [-0.2, 0) is 20.7 Å². The number of rotatable bonds is 3. The molecule has 2 aromatic carbocycles. The molecule has 1 unspecified atom stereocenters. The van der Waals surface area contributed by atoms with Crippen LogP contribution in [-0.4, -0.2) is 24.0 Å². The van der Waals surface area contributed by atoms with Crippen LogP contribution in [0.2, 0.25) is 0 Å². The Hall–Kier alpha value is -2.98. The number of allylic oxidation sites excluding steroid dienone is 2. The number of hydrogen-bond acceptors (Lipinski definition) is 3. The van der Waals surface area contributed by atoms with Crippen LogP contribution >= 0.6 is 0 Å². The summed E-state index contributed by atoms with van der Waals surface area (Å²) in [5, 5.41) is 0. The van der Waals surface area contributed by atoms with E-state index in [0.717, 1.165) is 11.3 Å². The summed E-state index contributed by atoms with van der Waals surface area (Å²) < 4.78 is 6.22. The zero-order chi connectivity index (χ0) is 19.7. The number of hydrogen-bond donors (Lipinski definition) is 0. The van der Waals surface area contributed by atoms with Crippen molar-refractivity contribution in [3.63, 3.8) is 0 Å². The summed E-state index contributed by atoms with van der Waals surface area (Å²) in [6.45, 7) is 4.43. The molecule has 1 atom stereocenters. The fourth-order valence-corrected chi connectivity index (χ4v) is 4.01. The molecule has 1 fully saturated rings. The minimum absolute atomic E-state index is 0.000239. The number of ketones is 1. The van der Waals surface area contributed by atoms with Crippen LogP contribution < -0.4 is 4.90 Å². The van der Waals surface area contributed by atoms with Crippen LogP contribution in [0, 0.1) is 19.8 Å². The molecule has 0 saturated carbocycles. The topological polar surface area (TPSA) is 46.6 Å². The third kappa shape index (κ3) is 3.43. The number of para-hydroxylation sites is 1. The number of anilines is 1. The molecule has 0 N–H and O–H groups in total. The van der Waals surface area contributed by atoms with Crippen molar-refractivity contribution in [3.05, 3.63) is 89.5 Å². The van der Waals surface area contributed by atoms with Crippen molar-refractivity contribution in [2.24, 2.45) is 5.92 Å². The highest BCUT2D eigenvalue weighted by Crippen LogP contribution is 2.36. The van der Waals surface area contributed by atoms with E-state index in [-0.39, 0.29) is 17.6 Å². The molecule has 142 valence electrons.